The molecule has 1 aromatic rings. The Morgan fingerprint density at radius 3 is 2.38 bits per heavy atom. The zero-order valence-electron chi connectivity index (χ0n) is 14.8. The smallest absolute Gasteiger partial charge is 0.444 e. The molecule has 144 valence electrons. The first kappa shape index (κ1) is 18.5. The average Bonchev–Trinajstić information content (AvgIpc) is 3.27. The topological polar surface area (TPSA) is 76.5 Å². The van der Waals surface area contributed by atoms with Crippen molar-refractivity contribution in [1.82, 2.24) is 14.5 Å². The number of fused-ring (bicyclic) bond motifs is 1. The first-order valence-electron chi connectivity index (χ1n) is 8.41. The van der Waals surface area contributed by atoms with E-state index >= 15 is 0 Å². The molecule has 10 heteroatoms. The van der Waals surface area contributed by atoms with Gasteiger partial charge in [-0.15, -0.1) is 0 Å². The van der Waals surface area contributed by atoms with Gasteiger partial charge in [0.05, 0.1) is 12.2 Å². The van der Waals surface area contributed by atoms with Gasteiger partial charge in [-0.1, -0.05) is 0 Å². The Bertz CT molecular complexity index is 732. The lowest BCUT2D eigenvalue weighted by molar-refractivity contribution is -0.147. The van der Waals surface area contributed by atoms with E-state index in [-0.39, 0.29) is 43.0 Å². The summed E-state index contributed by atoms with van der Waals surface area (Å²) in [5.41, 5.74) is -0.557. The summed E-state index contributed by atoms with van der Waals surface area (Å²) in [6, 6.07) is 0. The molecule has 2 amide bonds. The van der Waals surface area contributed by atoms with Crippen LogP contribution in [0.5, 0.6) is 0 Å². The van der Waals surface area contributed by atoms with E-state index in [1.165, 1.54) is 4.90 Å². The lowest BCUT2D eigenvalue weighted by atomic mass is 10.2. The Morgan fingerprint density at radius 1 is 1.19 bits per heavy atom. The Balaban J connectivity index is 1.87. The highest BCUT2D eigenvalue weighted by Gasteiger charge is 2.42. The quantitative estimate of drug-likeness (QED) is 0.863. The largest absolute Gasteiger partial charge is 0.449 e. The molecule has 0 bridgehead atoms. The molecule has 1 N–H and O–H groups in total. The molecule has 26 heavy (non-hydrogen) atoms. The van der Waals surface area contributed by atoms with E-state index in [1.54, 1.807) is 20.8 Å². The Labute approximate surface area is 148 Å². The highest BCUT2D eigenvalue weighted by atomic mass is 19.4. The Morgan fingerprint density at radius 2 is 1.85 bits per heavy atom. The molecule has 1 saturated carbocycles. The third kappa shape index (κ3) is 3.94. The van der Waals surface area contributed by atoms with Crippen molar-refractivity contribution in [1.29, 1.82) is 0 Å². The number of nitrogens with zero attached hydrogens (tertiary/aromatic N) is 3. The molecule has 2 aliphatic rings. The number of aromatic nitrogens is 2. The van der Waals surface area contributed by atoms with Crippen LogP contribution < -0.4 is 5.32 Å². The number of imidazole rings is 1. The monoisotopic (exact) mass is 374 g/mol. The van der Waals surface area contributed by atoms with E-state index in [4.69, 9.17) is 4.74 Å². The number of hydrogen-bond acceptors (Lipinski definition) is 4. The van der Waals surface area contributed by atoms with Crippen molar-refractivity contribution < 1.29 is 27.5 Å². The third-order valence-electron chi connectivity index (χ3n) is 4.10. The molecule has 0 radical (unpaired) electrons. The maximum Gasteiger partial charge on any atom is 0.449 e. The highest BCUT2D eigenvalue weighted by molar-refractivity contribution is 5.93. The molecular weight excluding hydrogens is 353 g/mol. The van der Waals surface area contributed by atoms with E-state index in [9.17, 15) is 22.8 Å². The zero-order valence-corrected chi connectivity index (χ0v) is 14.8. The number of carbonyl (C=O) groups is 2. The van der Waals surface area contributed by atoms with Crippen LogP contribution in [0.1, 0.15) is 45.1 Å². The second-order valence-electron chi connectivity index (χ2n) is 7.55. The van der Waals surface area contributed by atoms with Gasteiger partial charge in [0.1, 0.15) is 5.60 Å². The van der Waals surface area contributed by atoms with Gasteiger partial charge in [-0.25, -0.2) is 9.78 Å². The second-order valence-corrected chi connectivity index (χ2v) is 7.55. The van der Waals surface area contributed by atoms with Gasteiger partial charge in [0.25, 0.3) is 0 Å². The second kappa shape index (κ2) is 6.17. The van der Waals surface area contributed by atoms with Crippen molar-refractivity contribution in [2.24, 2.45) is 5.92 Å². The molecule has 0 saturated heterocycles. The number of amides is 2. The van der Waals surface area contributed by atoms with Crippen LogP contribution in [-0.2, 0) is 28.8 Å². The molecule has 7 nitrogen and oxygen atoms in total. The van der Waals surface area contributed by atoms with Crippen molar-refractivity contribution in [3.8, 4) is 0 Å². The molecule has 1 aromatic heterocycles. The third-order valence-corrected chi connectivity index (χ3v) is 4.10. The molecule has 1 fully saturated rings. The standard InChI is InChI=1S/C16H21F3N4O3/c1-15(2,3)26-14(25)22-6-7-23-10(8-22)11(20-12(24)9-4-5-9)21-13(23)16(17,18)19/h9H,4-8H2,1-3H3,(H,20,24). The van der Waals surface area contributed by atoms with Crippen molar-refractivity contribution in [3.63, 3.8) is 0 Å². The Hall–Kier alpha value is -2.26. The summed E-state index contributed by atoms with van der Waals surface area (Å²) >= 11 is 0. The van der Waals surface area contributed by atoms with E-state index in [0.29, 0.717) is 0 Å². The summed E-state index contributed by atoms with van der Waals surface area (Å²) in [6.45, 7) is 5.01. The molecule has 3 rings (SSSR count). The van der Waals surface area contributed by atoms with E-state index in [1.807, 2.05) is 0 Å². The number of rotatable bonds is 2. The van der Waals surface area contributed by atoms with Gasteiger partial charge in [0, 0.05) is 19.0 Å². The molecule has 2 heterocycles. The first-order chi connectivity index (χ1) is 12.0. The number of nitrogens with one attached hydrogen (secondary N) is 1. The van der Waals surface area contributed by atoms with Gasteiger partial charge < -0.3 is 19.5 Å². The number of alkyl halides is 3. The number of halogens is 3. The fourth-order valence-corrected chi connectivity index (χ4v) is 2.73. The molecule has 1 aliphatic carbocycles. The van der Waals surface area contributed by atoms with Crippen molar-refractivity contribution in [3.05, 3.63) is 11.5 Å². The highest BCUT2D eigenvalue weighted by Crippen LogP contribution is 2.36. The van der Waals surface area contributed by atoms with Crippen LogP contribution in [0.25, 0.3) is 0 Å². The lowest BCUT2D eigenvalue weighted by Gasteiger charge is -2.31. The molecule has 0 aromatic carbocycles. The van der Waals surface area contributed by atoms with E-state index < -0.39 is 23.7 Å². The van der Waals surface area contributed by atoms with Crippen LogP contribution in [0, 0.1) is 5.92 Å². The van der Waals surface area contributed by atoms with Crippen LogP contribution in [0.4, 0.5) is 23.8 Å². The van der Waals surface area contributed by atoms with Gasteiger partial charge in [0.2, 0.25) is 11.7 Å². The average molecular weight is 374 g/mol. The summed E-state index contributed by atoms with van der Waals surface area (Å²) in [7, 11) is 0. The van der Waals surface area contributed by atoms with Crippen LogP contribution in [0.3, 0.4) is 0 Å². The van der Waals surface area contributed by atoms with Crippen LogP contribution in [-0.4, -0.2) is 38.6 Å². The van der Waals surface area contributed by atoms with E-state index in [0.717, 1.165) is 17.4 Å². The van der Waals surface area contributed by atoms with Crippen molar-refractivity contribution in [2.45, 2.75) is 58.5 Å². The summed E-state index contributed by atoms with van der Waals surface area (Å²) in [5, 5.41) is 2.48. The lowest BCUT2D eigenvalue weighted by Crippen LogP contribution is -2.42. The maximum atomic E-state index is 13.3. The van der Waals surface area contributed by atoms with Gasteiger partial charge in [-0.05, 0) is 33.6 Å². The fraction of sp³-hybridized carbons (Fsp3) is 0.688. The van der Waals surface area contributed by atoms with Crippen LogP contribution in [0.2, 0.25) is 0 Å². The van der Waals surface area contributed by atoms with Crippen molar-refractivity contribution >= 4 is 17.8 Å². The number of carbonyl (C=O) groups excluding carboxylic acids is 2. The molecule has 0 unspecified atom stereocenters. The fourth-order valence-electron chi connectivity index (χ4n) is 2.73. The molecule has 0 spiro atoms. The molecule has 1 aliphatic heterocycles. The predicted molar refractivity (Wildman–Crippen MR) is 85.2 cm³/mol. The number of ether oxygens (including phenoxy) is 1. The minimum Gasteiger partial charge on any atom is -0.444 e. The van der Waals surface area contributed by atoms with Crippen LogP contribution in [0.15, 0.2) is 0 Å². The van der Waals surface area contributed by atoms with Gasteiger partial charge in [-0.2, -0.15) is 13.2 Å². The summed E-state index contributed by atoms with van der Waals surface area (Å²) < 4.78 is 46.1. The van der Waals surface area contributed by atoms with E-state index in [2.05, 4.69) is 10.3 Å². The molecule has 0 atom stereocenters. The summed E-state index contributed by atoms with van der Waals surface area (Å²) in [5.74, 6) is -1.72. The van der Waals surface area contributed by atoms with Crippen molar-refractivity contribution in [2.75, 3.05) is 11.9 Å². The maximum absolute atomic E-state index is 13.3. The summed E-state index contributed by atoms with van der Waals surface area (Å²) in [4.78, 5) is 29.1. The number of anilines is 1. The van der Waals surface area contributed by atoms with Gasteiger partial charge >= 0.3 is 12.3 Å². The minimum absolute atomic E-state index is 0.0668. The predicted octanol–water partition coefficient (Wildman–Crippen LogP) is 3.00. The molecular formula is C16H21F3N4O3. The SMILES string of the molecule is CC(C)(C)OC(=O)N1CCn2c(C(F)(F)F)nc(NC(=O)C3CC3)c2C1. The Kier molecular flexibility index (Phi) is 4.40. The van der Waals surface area contributed by atoms with Gasteiger partial charge in [0.15, 0.2) is 5.82 Å². The zero-order chi connectivity index (χ0) is 19.3. The summed E-state index contributed by atoms with van der Waals surface area (Å²) in [6.07, 6.45) is -3.82. The minimum atomic E-state index is -4.65. The van der Waals surface area contributed by atoms with Gasteiger partial charge in [-0.3, -0.25) is 4.79 Å². The normalized spacial score (nSPS) is 17.7. The number of hydrogen-bond donors (Lipinski definition) is 1. The first-order valence-corrected chi connectivity index (χ1v) is 8.41. The van der Waals surface area contributed by atoms with Crippen LogP contribution >= 0.6 is 0 Å².